The van der Waals surface area contributed by atoms with Gasteiger partial charge in [0.2, 0.25) is 0 Å². The monoisotopic (exact) mass is 144 g/mol. The fraction of sp³-hybridized carbons (Fsp3) is 1.00. The topological polar surface area (TPSA) is 9.23 Å². The van der Waals surface area contributed by atoms with Crippen molar-refractivity contribution in [2.45, 2.75) is 47.1 Å². The second-order valence-corrected chi connectivity index (χ2v) is 4.03. The summed E-state index contributed by atoms with van der Waals surface area (Å²) in [6.45, 7) is 11.7. The Morgan fingerprint density at radius 3 is 2.10 bits per heavy atom. The molecule has 0 aliphatic carbocycles. The van der Waals surface area contributed by atoms with Crippen LogP contribution < -0.4 is 0 Å². The minimum absolute atomic E-state index is 0.397. The van der Waals surface area contributed by atoms with E-state index in [1.165, 1.54) is 0 Å². The quantitative estimate of drug-likeness (QED) is 0.592. The van der Waals surface area contributed by atoms with Crippen LogP contribution in [-0.4, -0.2) is 12.7 Å². The predicted octanol–water partition coefficient (Wildman–Crippen LogP) is 2.85. The fourth-order valence-electron chi connectivity index (χ4n) is 1.21. The Bertz CT molecular complexity index is 81.2. The van der Waals surface area contributed by atoms with Gasteiger partial charge in [-0.15, -0.1) is 0 Å². The highest BCUT2D eigenvalue weighted by atomic mass is 16.5. The van der Waals surface area contributed by atoms with Crippen molar-refractivity contribution < 1.29 is 4.74 Å². The Kier molecular flexibility index (Phi) is 3.95. The summed E-state index contributed by atoms with van der Waals surface area (Å²) in [5, 5.41) is 0. The van der Waals surface area contributed by atoms with Crippen LogP contribution in [0.3, 0.4) is 0 Å². The molecule has 0 radical (unpaired) electrons. The molecule has 0 heterocycles. The summed E-state index contributed by atoms with van der Waals surface area (Å²) in [6, 6.07) is 0. The minimum atomic E-state index is 0.397. The molecule has 0 aromatic heterocycles. The number of hydrogen-bond acceptors (Lipinski definition) is 1. The lowest BCUT2D eigenvalue weighted by Gasteiger charge is -2.22. The lowest BCUT2D eigenvalue weighted by Crippen LogP contribution is -2.17. The Balaban J connectivity index is 3.47. The smallest absolute Gasteiger partial charge is 0.0551 e. The number of hydrogen-bond donors (Lipinski definition) is 0. The Labute approximate surface area is 64.8 Å². The van der Waals surface area contributed by atoms with Crippen molar-refractivity contribution in [3.63, 3.8) is 0 Å². The standard InChI is InChI=1S/C9H20O/c1-6-10-8(2)7-9(3,4)5/h8H,6-7H2,1-5H3/t8-/m0/s1. The number of rotatable bonds is 3. The molecular formula is C9H20O. The molecule has 0 spiro atoms. The van der Waals surface area contributed by atoms with Gasteiger partial charge in [0.15, 0.2) is 0 Å². The van der Waals surface area contributed by atoms with Crippen molar-refractivity contribution in [1.82, 2.24) is 0 Å². The van der Waals surface area contributed by atoms with Crippen molar-refractivity contribution in [3.8, 4) is 0 Å². The van der Waals surface area contributed by atoms with Crippen LogP contribution in [0.4, 0.5) is 0 Å². The Morgan fingerprint density at radius 2 is 1.80 bits per heavy atom. The van der Waals surface area contributed by atoms with Gasteiger partial charge in [0.1, 0.15) is 0 Å². The van der Waals surface area contributed by atoms with Crippen LogP contribution in [0, 0.1) is 5.41 Å². The number of ether oxygens (including phenoxy) is 1. The van der Waals surface area contributed by atoms with Crippen molar-refractivity contribution in [1.29, 1.82) is 0 Å². The van der Waals surface area contributed by atoms with Gasteiger partial charge in [-0.3, -0.25) is 0 Å². The molecule has 0 rings (SSSR count). The molecular weight excluding hydrogens is 124 g/mol. The molecule has 0 aliphatic heterocycles. The molecule has 1 nitrogen and oxygen atoms in total. The third-order valence-electron chi connectivity index (χ3n) is 1.35. The molecule has 0 bridgehead atoms. The van der Waals surface area contributed by atoms with Gasteiger partial charge in [-0.05, 0) is 25.7 Å². The summed E-state index contributed by atoms with van der Waals surface area (Å²) in [5.41, 5.74) is 0.397. The van der Waals surface area contributed by atoms with E-state index in [0.29, 0.717) is 11.5 Å². The summed E-state index contributed by atoms with van der Waals surface area (Å²) in [4.78, 5) is 0. The van der Waals surface area contributed by atoms with Crippen LogP contribution in [0.15, 0.2) is 0 Å². The van der Waals surface area contributed by atoms with Gasteiger partial charge in [0.25, 0.3) is 0 Å². The van der Waals surface area contributed by atoms with Gasteiger partial charge in [-0.25, -0.2) is 0 Å². The van der Waals surface area contributed by atoms with Crippen LogP contribution in [0.2, 0.25) is 0 Å². The lowest BCUT2D eigenvalue weighted by atomic mass is 9.90. The first kappa shape index (κ1) is 9.96. The molecule has 10 heavy (non-hydrogen) atoms. The summed E-state index contributed by atoms with van der Waals surface area (Å²) in [7, 11) is 0. The highest BCUT2D eigenvalue weighted by Gasteiger charge is 2.14. The first-order chi connectivity index (χ1) is 4.45. The largest absolute Gasteiger partial charge is 0.379 e. The molecule has 0 aliphatic rings. The summed E-state index contributed by atoms with van der Waals surface area (Å²) in [6.07, 6.45) is 1.55. The third-order valence-corrected chi connectivity index (χ3v) is 1.35. The SMILES string of the molecule is CCO[C@@H](C)CC(C)(C)C. The van der Waals surface area contributed by atoms with E-state index in [1.54, 1.807) is 0 Å². The lowest BCUT2D eigenvalue weighted by molar-refractivity contribution is 0.0467. The van der Waals surface area contributed by atoms with Crippen molar-refractivity contribution >= 4 is 0 Å². The van der Waals surface area contributed by atoms with E-state index in [9.17, 15) is 0 Å². The first-order valence-corrected chi connectivity index (χ1v) is 4.07. The summed E-state index contributed by atoms with van der Waals surface area (Å²) < 4.78 is 5.42. The second kappa shape index (κ2) is 3.97. The predicted molar refractivity (Wildman–Crippen MR) is 45.2 cm³/mol. The molecule has 0 aromatic carbocycles. The molecule has 0 unspecified atom stereocenters. The van der Waals surface area contributed by atoms with E-state index in [2.05, 4.69) is 27.7 Å². The highest BCUT2D eigenvalue weighted by Crippen LogP contribution is 2.21. The van der Waals surface area contributed by atoms with Gasteiger partial charge in [0, 0.05) is 6.61 Å². The van der Waals surface area contributed by atoms with E-state index < -0.39 is 0 Å². The van der Waals surface area contributed by atoms with E-state index in [4.69, 9.17) is 4.74 Å². The molecule has 0 aromatic rings. The van der Waals surface area contributed by atoms with Crippen molar-refractivity contribution in [2.24, 2.45) is 5.41 Å². The van der Waals surface area contributed by atoms with Gasteiger partial charge in [-0.1, -0.05) is 20.8 Å². The molecule has 0 saturated carbocycles. The average molecular weight is 144 g/mol. The zero-order valence-corrected chi connectivity index (χ0v) is 7.90. The Hall–Kier alpha value is -0.0400. The zero-order valence-electron chi connectivity index (χ0n) is 7.90. The second-order valence-electron chi connectivity index (χ2n) is 4.03. The highest BCUT2D eigenvalue weighted by molar-refractivity contribution is 4.65. The van der Waals surface area contributed by atoms with Crippen molar-refractivity contribution in [3.05, 3.63) is 0 Å². The van der Waals surface area contributed by atoms with Crippen LogP contribution in [0.25, 0.3) is 0 Å². The van der Waals surface area contributed by atoms with Crippen LogP contribution in [0.1, 0.15) is 41.0 Å². The molecule has 0 N–H and O–H groups in total. The molecule has 1 heteroatoms. The Morgan fingerprint density at radius 1 is 1.30 bits per heavy atom. The molecule has 0 fully saturated rings. The van der Waals surface area contributed by atoms with Gasteiger partial charge in [-0.2, -0.15) is 0 Å². The molecule has 62 valence electrons. The summed E-state index contributed by atoms with van der Waals surface area (Å²) in [5.74, 6) is 0. The van der Waals surface area contributed by atoms with Crippen LogP contribution in [-0.2, 0) is 4.74 Å². The first-order valence-electron chi connectivity index (χ1n) is 4.07. The fourth-order valence-corrected chi connectivity index (χ4v) is 1.21. The van der Waals surface area contributed by atoms with Crippen LogP contribution in [0.5, 0.6) is 0 Å². The molecule has 0 saturated heterocycles. The van der Waals surface area contributed by atoms with Gasteiger partial charge in [0.05, 0.1) is 6.10 Å². The molecule has 0 amide bonds. The minimum Gasteiger partial charge on any atom is -0.379 e. The van der Waals surface area contributed by atoms with Gasteiger partial charge < -0.3 is 4.74 Å². The van der Waals surface area contributed by atoms with Crippen molar-refractivity contribution in [2.75, 3.05) is 6.61 Å². The average Bonchev–Trinajstić information content (AvgIpc) is 1.59. The summed E-state index contributed by atoms with van der Waals surface area (Å²) >= 11 is 0. The van der Waals surface area contributed by atoms with E-state index >= 15 is 0 Å². The maximum absolute atomic E-state index is 5.42. The van der Waals surface area contributed by atoms with E-state index in [0.717, 1.165) is 13.0 Å². The normalized spacial score (nSPS) is 15.3. The van der Waals surface area contributed by atoms with Gasteiger partial charge >= 0.3 is 0 Å². The maximum atomic E-state index is 5.42. The maximum Gasteiger partial charge on any atom is 0.0551 e. The van der Waals surface area contributed by atoms with E-state index in [1.807, 2.05) is 6.92 Å². The van der Waals surface area contributed by atoms with E-state index in [-0.39, 0.29) is 0 Å². The third kappa shape index (κ3) is 6.09. The molecule has 1 atom stereocenters. The zero-order chi connectivity index (χ0) is 8.20. The van der Waals surface area contributed by atoms with Crippen LogP contribution >= 0.6 is 0 Å².